The van der Waals surface area contributed by atoms with Gasteiger partial charge in [-0.25, -0.2) is 8.78 Å². The van der Waals surface area contributed by atoms with E-state index in [0.717, 1.165) is 23.0 Å². The molecule has 2 aromatic carbocycles. The normalized spacial score (nSPS) is 25.0. The molecular formula is C29H32F2N2O4. The fourth-order valence-electron chi connectivity index (χ4n) is 6.10. The Morgan fingerprint density at radius 3 is 2.65 bits per heavy atom. The third-order valence-corrected chi connectivity index (χ3v) is 8.29. The quantitative estimate of drug-likeness (QED) is 0.428. The van der Waals surface area contributed by atoms with Crippen LogP contribution in [0.2, 0.25) is 0 Å². The van der Waals surface area contributed by atoms with Crippen molar-refractivity contribution in [1.82, 2.24) is 9.88 Å². The molecule has 8 heteroatoms. The van der Waals surface area contributed by atoms with Crippen molar-refractivity contribution >= 4 is 16.9 Å². The van der Waals surface area contributed by atoms with Gasteiger partial charge in [0.15, 0.2) is 0 Å². The van der Waals surface area contributed by atoms with Crippen LogP contribution in [0.1, 0.15) is 55.3 Å². The number of carboxylic acid groups (broad SMARTS) is 1. The first-order chi connectivity index (χ1) is 17.9. The fraction of sp³-hybridized carbons (Fsp3) is 0.448. The topological polar surface area (TPSA) is 82.9 Å². The minimum atomic E-state index is -0.834. The van der Waals surface area contributed by atoms with Crippen molar-refractivity contribution < 1.29 is 28.5 Å². The maximum atomic E-state index is 14.1. The van der Waals surface area contributed by atoms with Gasteiger partial charge in [0.25, 0.3) is 0 Å². The summed E-state index contributed by atoms with van der Waals surface area (Å²) in [5.41, 5.74) is 1.68. The van der Waals surface area contributed by atoms with Crippen LogP contribution in [-0.4, -0.2) is 52.3 Å². The molecular weight excluding hydrogens is 478 g/mol. The monoisotopic (exact) mass is 510 g/mol. The molecule has 3 atom stereocenters. The van der Waals surface area contributed by atoms with Gasteiger partial charge in [0.2, 0.25) is 0 Å². The Morgan fingerprint density at radius 1 is 1.19 bits per heavy atom. The van der Waals surface area contributed by atoms with Crippen LogP contribution in [0.4, 0.5) is 8.78 Å². The molecule has 0 radical (unpaired) electrons. The van der Waals surface area contributed by atoms with Crippen LogP contribution in [0.15, 0.2) is 48.7 Å². The molecule has 1 aromatic heterocycles. The summed E-state index contributed by atoms with van der Waals surface area (Å²) in [5, 5.41) is 21.8. The Hall–Kier alpha value is -3.10. The Balaban J connectivity index is 1.20. The van der Waals surface area contributed by atoms with Crippen molar-refractivity contribution in [3.8, 4) is 5.75 Å². The number of fused-ring (bicyclic) bond motifs is 1. The number of carbonyl (C=O) groups is 1. The number of aliphatic hydroxyl groups excluding tert-OH is 1. The zero-order valence-corrected chi connectivity index (χ0v) is 20.8. The molecule has 1 saturated carbocycles. The van der Waals surface area contributed by atoms with Gasteiger partial charge in [-0.3, -0.25) is 14.7 Å². The Kier molecular flexibility index (Phi) is 7.40. The standard InChI is InChI=1S/C29H32F2N2O4/c1-37-20-6-7-26-22(15-20)21(9-11-32-26)27(34)8-5-17-10-12-33(16-23(17)29(35)36)19-13-18(14-19)28-24(30)3-2-4-25(28)31/h2-4,6-7,9,11,15,17-19,23,27,34H,5,8,10,12-14,16H2,1H3,(H,35,36)/t17-,18?,19?,23+,27?/m1/s1. The van der Waals surface area contributed by atoms with E-state index in [9.17, 15) is 23.8 Å². The first-order valence-corrected chi connectivity index (χ1v) is 12.9. The van der Waals surface area contributed by atoms with E-state index in [2.05, 4.69) is 9.88 Å². The third-order valence-electron chi connectivity index (χ3n) is 8.29. The van der Waals surface area contributed by atoms with Crippen LogP contribution in [0.5, 0.6) is 5.75 Å². The second kappa shape index (κ2) is 10.7. The highest BCUT2D eigenvalue weighted by Crippen LogP contribution is 2.44. The van der Waals surface area contributed by atoms with Gasteiger partial charge in [0.1, 0.15) is 17.4 Å². The van der Waals surface area contributed by atoms with E-state index < -0.39 is 29.6 Å². The van der Waals surface area contributed by atoms with Gasteiger partial charge < -0.3 is 14.9 Å². The molecule has 0 bridgehead atoms. The molecule has 2 fully saturated rings. The summed E-state index contributed by atoms with van der Waals surface area (Å²) >= 11 is 0. The van der Waals surface area contributed by atoms with Crippen molar-refractivity contribution in [2.75, 3.05) is 20.2 Å². The van der Waals surface area contributed by atoms with Crippen molar-refractivity contribution in [3.63, 3.8) is 0 Å². The largest absolute Gasteiger partial charge is 0.497 e. The van der Waals surface area contributed by atoms with Gasteiger partial charge in [0, 0.05) is 29.7 Å². The first kappa shape index (κ1) is 25.5. The molecule has 2 heterocycles. The lowest BCUT2D eigenvalue weighted by molar-refractivity contribution is -0.147. The number of likely N-dealkylation sites (tertiary alicyclic amines) is 1. The van der Waals surface area contributed by atoms with Gasteiger partial charge in [-0.05, 0) is 92.4 Å². The molecule has 1 aliphatic carbocycles. The van der Waals surface area contributed by atoms with Crippen LogP contribution in [-0.2, 0) is 4.79 Å². The van der Waals surface area contributed by atoms with E-state index in [1.54, 1.807) is 19.4 Å². The van der Waals surface area contributed by atoms with Crippen LogP contribution >= 0.6 is 0 Å². The minimum Gasteiger partial charge on any atom is -0.497 e. The fourth-order valence-corrected chi connectivity index (χ4v) is 6.10. The number of benzene rings is 2. The van der Waals surface area contributed by atoms with Gasteiger partial charge in [0.05, 0.1) is 24.6 Å². The zero-order valence-electron chi connectivity index (χ0n) is 20.8. The predicted octanol–water partition coefficient (Wildman–Crippen LogP) is 5.30. The van der Waals surface area contributed by atoms with E-state index >= 15 is 0 Å². The summed E-state index contributed by atoms with van der Waals surface area (Å²) in [6.07, 6.45) is 3.94. The summed E-state index contributed by atoms with van der Waals surface area (Å²) in [6, 6.07) is 11.4. The number of aromatic nitrogens is 1. The van der Waals surface area contributed by atoms with E-state index in [1.165, 1.54) is 18.2 Å². The van der Waals surface area contributed by atoms with Gasteiger partial charge in [-0.1, -0.05) is 6.07 Å². The van der Waals surface area contributed by atoms with E-state index in [1.807, 2.05) is 18.2 Å². The SMILES string of the molecule is COc1ccc2nccc(C(O)CC[C@@H]3CCN(C4CC(c5c(F)cccc5F)C4)C[C@@H]3C(=O)O)c2c1. The maximum absolute atomic E-state index is 14.1. The number of halogens is 2. The summed E-state index contributed by atoms with van der Waals surface area (Å²) in [7, 11) is 1.59. The molecule has 1 unspecified atom stereocenters. The van der Waals surface area contributed by atoms with Gasteiger partial charge in [-0.2, -0.15) is 0 Å². The smallest absolute Gasteiger partial charge is 0.308 e. The molecule has 0 spiro atoms. The molecule has 5 rings (SSSR count). The molecule has 6 nitrogen and oxygen atoms in total. The molecule has 2 aliphatic rings. The lowest BCUT2D eigenvalue weighted by atomic mass is 9.72. The Labute approximate surface area is 214 Å². The number of aliphatic carboxylic acids is 1. The summed E-state index contributed by atoms with van der Waals surface area (Å²) in [4.78, 5) is 18.7. The second-order valence-corrected chi connectivity index (χ2v) is 10.3. The average Bonchev–Trinajstić information content (AvgIpc) is 2.87. The number of methoxy groups -OCH3 is 1. The predicted molar refractivity (Wildman–Crippen MR) is 135 cm³/mol. The molecule has 0 amide bonds. The number of carboxylic acids is 1. The van der Waals surface area contributed by atoms with Crippen LogP contribution in [0.25, 0.3) is 10.9 Å². The molecule has 2 N–H and O–H groups in total. The first-order valence-electron chi connectivity index (χ1n) is 12.9. The zero-order chi connectivity index (χ0) is 26.1. The van der Waals surface area contributed by atoms with Crippen LogP contribution < -0.4 is 4.74 Å². The number of ether oxygens (including phenoxy) is 1. The Morgan fingerprint density at radius 2 is 1.95 bits per heavy atom. The lowest BCUT2D eigenvalue weighted by Crippen LogP contribution is -2.52. The maximum Gasteiger partial charge on any atom is 0.308 e. The second-order valence-electron chi connectivity index (χ2n) is 10.3. The molecule has 1 saturated heterocycles. The molecule has 196 valence electrons. The van der Waals surface area contributed by atoms with Crippen molar-refractivity contribution in [2.24, 2.45) is 11.8 Å². The van der Waals surface area contributed by atoms with Gasteiger partial charge >= 0.3 is 5.97 Å². The van der Waals surface area contributed by atoms with E-state index in [0.29, 0.717) is 44.4 Å². The highest BCUT2D eigenvalue weighted by atomic mass is 19.1. The molecule has 1 aliphatic heterocycles. The highest BCUT2D eigenvalue weighted by molar-refractivity contribution is 5.83. The summed E-state index contributed by atoms with van der Waals surface area (Å²) < 4.78 is 33.6. The Bertz CT molecular complexity index is 1260. The average molecular weight is 511 g/mol. The number of rotatable bonds is 8. The molecule has 37 heavy (non-hydrogen) atoms. The number of hydrogen-bond acceptors (Lipinski definition) is 5. The number of aliphatic hydroxyl groups is 1. The summed E-state index contributed by atoms with van der Waals surface area (Å²) in [6.45, 7) is 1.17. The number of piperidine rings is 1. The van der Waals surface area contributed by atoms with E-state index in [-0.39, 0.29) is 23.4 Å². The number of hydrogen-bond donors (Lipinski definition) is 2. The number of pyridine rings is 1. The van der Waals surface area contributed by atoms with Crippen LogP contribution in [0, 0.1) is 23.5 Å². The van der Waals surface area contributed by atoms with Crippen molar-refractivity contribution in [1.29, 1.82) is 0 Å². The van der Waals surface area contributed by atoms with Crippen molar-refractivity contribution in [2.45, 2.75) is 50.2 Å². The van der Waals surface area contributed by atoms with Gasteiger partial charge in [-0.15, -0.1) is 0 Å². The highest BCUT2D eigenvalue weighted by Gasteiger charge is 2.42. The lowest BCUT2D eigenvalue weighted by Gasteiger charge is -2.47. The van der Waals surface area contributed by atoms with E-state index in [4.69, 9.17) is 4.74 Å². The number of nitrogens with zero attached hydrogens (tertiary/aromatic N) is 2. The third kappa shape index (κ3) is 5.18. The van der Waals surface area contributed by atoms with Crippen molar-refractivity contribution in [3.05, 3.63) is 71.4 Å². The molecule has 3 aromatic rings. The van der Waals surface area contributed by atoms with Crippen LogP contribution in [0.3, 0.4) is 0 Å². The minimum absolute atomic E-state index is 0.0501. The summed E-state index contributed by atoms with van der Waals surface area (Å²) in [5.74, 6) is -1.93.